The molecule has 0 aliphatic heterocycles. The van der Waals surface area contributed by atoms with Gasteiger partial charge in [-0.2, -0.15) is 0 Å². The second-order valence-corrected chi connectivity index (χ2v) is 5.37. The molecule has 0 spiro atoms. The second-order valence-electron chi connectivity index (χ2n) is 5.37. The molecule has 0 bridgehead atoms. The minimum Gasteiger partial charge on any atom is -0.496 e. The Morgan fingerprint density at radius 3 is 2.65 bits per heavy atom. The molecule has 2 nitrogen and oxygen atoms in total. The summed E-state index contributed by atoms with van der Waals surface area (Å²) in [5, 5.41) is 0. The van der Waals surface area contributed by atoms with Crippen molar-refractivity contribution in [2.45, 2.75) is 26.2 Å². The van der Waals surface area contributed by atoms with Crippen molar-refractivity contribution >= 4 is 5.78 Å². The van der Waals surface area contributed by atoms with E-state index >= 15 is 0 Å². The maximum atomic E-state index is 12.7. The Labute approximate surface area is 119 Å². The van der Waals surface area contributed by atoms with Crippen molar-refractivity contribution in [2.75, 3.05) is 7.11 Å². The number of benzene rings is 2. The molecule has 20 heavy (non-hydrogen) atoms. The Hall–Kier alpha value is -2.09. The van der Waals surface area contributed by atoms with Crippen molar-refractivity contribution in [3.63, 3.8) is 0 Å². The van der Waals surface area contributed by atoms with Gasteiger partial charge in [0.1, 0.15) is 5.75 Å². The van der Waals surface area contributed by atoms with Crippen molar-refractivity contribution in [2.24, 2.45) is 0 Å². The van der Waals surface area contributed by atoms with Gasteiger partial charge in [0.2, 0.25) is 0 Å². The predicted octanol–water partition coefficient (Wildman–Crippen LogP) is 3.72. The zero-order valence-corrected chi connectivity index (χ0v) is 11.9. The number of hydrogen-bond acceptors (Lipinski definition) is 2. The Morgan fingerprint density at radius 1 is 1.05 bits per heavy atom. The highest BCUT2D eigenvalue weighted by Crippen LogP contribution is 2.27. The molecule has 3 rings (SSSR count). The summed E-state index contributed by atoms with van der Waals surface area (Å²) in [7, 11) is 1.60. The maximum Gasteiger partial charge on any atom is 0.196 e. The van der Waals surface area contributed by atoms with Crippen LogP contribution >= 0.6 is 0 Å². The third kappa shape index (κ3) is 2.22. The van der Waals surface area contributed by atoms with Gasteiger partial charge in [-0.25, -0.2) is 0 Å². The summed E-state index contributed by atoms with van der Waals surface area (Å²) in [5.74, 6) is 0.682. The van der Waals surface area contributed by atoms with Crippen LogP contribution in [0.25, 0.3) is 0 Å². The summed E-state index contributed by atoms with van der Waals surface area (Å²) in [6.07, 6.45) is 3.42. The van der Waals surface area contributed by atoms with Crippen LogP contribution in [-0.4, -0.2) is 12.9 Å². The highest BCUT2D eigenvalue weighted by atomic mass is 16.5. The third-order valence-electron chi connectivity index (χ3n) is 3.96. The molecule has 0 saturated heterocycles. The van der Waals surface area contributed by atoms with Gasteiger partial charge in [0, 0.05) is 5.56 Å². The van der Waals surface area contributed by atoms with E-state index in [1.54, 1.807) is 7.11 Å². The van der Waals surface area contributed by atoms with Gasteiger partial charge in [-0.05, 0) is 55.5 Å². The molecule has 0 aromatic heterocycles. The van der Waals surface area contributed by atoms with E-state index in [2.05, 4.69) is 6.07 Å². The lowest BCUT2D eigenvalue weighted by Crippen LogP contribution is -2.05. The van der Waals surface area contributed by atoms with Crippen LogP contribution in [0.4, 0.5) is 0 Å². The van der Waals surface area contributed by atoms with Crippen LogP contribution in [0.1, 0.15) is 39.0 Å². The summed E-state index contributed by atoms with van der Waals surface area (Å²) >= 11 is 0. The van der Waals surface area contributed by atoms with E-state index < -0.39 is 0 Å². The molecule has 2 heteroatoms. The monoisotopic (exact) mass is 266 g/mol. The van der Waals surface area contributed by atoms with Crippen LogP contribution in [0.3, 0.4) is 0 Å². The molecule has 0 fully saturated rings. The van der Waals surface area contributed by atoms with E-state index in [4.69, 9.17) is 4.74 Å². The van der Waals surface area contributed by atoms with Gasteiger partial charge in [0.25, 0.3) is 0 Å². The van der Waals surface area contributed by atoms with Crippen molar-refractivity contribution in [1.29, 1.82) is 0 Å². The summed E-state index contributed by atoms with van der Waals surface area (Å²) in [5.41, 5.74) is 5.18. The average Bonchev–Trinajstić information content (AvgIpc) is 2.93. The minimum absolute atomic E-state index is 0.0419. The highest BCUT2D eigenvalue weighted by Gasteiger charge is 2.18. The molecular weight excluding hydrogens is 248 g/mol. The fraction of sp³-hybridized carbons (Fsp3) is 0.278. The van der Waals surface area contributed by atoms with Gasteiger partial charge in [-0.3, -0.25) is 4.79 Å². The molecule has 1 aliphatic rings. The summed E-state index contributed by atoms with van der Waals surface area (Å²) in [6.45, 7) is 1.99. The third-order valence-corrected chi connectivity index (χ3v) is 3.96. The fourth-order valence-corrected chi connectivity index (χ4v) is 2.87. The number of carbonyl (C=O) groups excluding carboxylic acids is 1. The molecule has 0 amide bonds. The Balaban J connectivity index is 2.02. The molecule has 0 heterocycles. The van der Waals surface area contributed by atoms with Crippen molar-refractivity contribution in [3.05, 3.63) is 64.2 Å². The SMILES string of the molecule is COc1ccc(C)cc1C(=O)c1ccc2c(c1)CCC2. The summed E-state index contributed by atoms with van der Waals surface area (Å²) in [6, 6.07) is 11.8. The number of methoxy groups -OCH3 is 1. The number of aryl methyl sites for hydroxylation is 3. The van der Waals surface area contributed by atoms with Gasteiger partial charge in [0.15, 0.2) is 5.78 Å². The Morgan fingerprint density at radius 2 is 1.85 bits per heavy atom. The highest BCUT2D eigenvalue weighted by molar-refractivity contribution is 6.11. The minimum atomic E-state index is 0.0419. The molecule has 0 N–H and O–H groups in total. The molecule has 0 atom stereocenters. The molecular formula is C18H18O2. The molecule has 2 aromatic rings. The lowest BCUT2D eigenvalue weighted by atomic mass is 9.97. The first kappa shape index (κ1) is 12.9. The summed E-state index contributed by atoms with van der Waals surface area (Å²) in [4.78, 5) is 12.7. The van der Waals surface area contributed by atoms with Crippen LogP contribution < -0.4 is 4.74 Å². The number of carbonyl (C=O) groups is 1. The fourth-order valence-electron chi connectivity index (χ4n) is 2.87. The van der Waals surface area contributed by atoms with Gasteiger partial charge in [-0.1, -0.05) is 23.8 Å². The first-order valence-corrected chi connectivity index (χ1v) is 7.00. The van der Waals surface area contributed by atoms with Gasteiger partial charge in [-0.15, -0.1) is 0 Å². The maximum absolute atomic E-state index is 12.7. The zero-order valence-electron chi connectivity index (χ0n) is 11.9. The van der Waals surface area contributed by atoms with E-state index in [0.717, 1.165) is 24.0 Å². The van der Waals surface area contributed by atoms with Crippen LogP contribution in [0, 0.1) is 6.92 Å². The largest absolute Gasteiger partial charge is 0.496 e. The first-order chi connectivity index (χ1) is 9.69. The van der Waals surface area contributed by atoms with E-state index in [0.29, 0.717) is 11.3 Å². The lowest BCUT2D eigenvalue weighted by molar-refractivity contribution is 0.103. The predicted molar refractivity (Wildman–Crippen MR) is 79.6 cm³/mol. The number of ketones is 1. The van der Waals surface area contributed by atoms with Crippen LogP contribution in [0.15, 0.2) is 36.4 Å². The van der Waals surface area contributed by atoms with Crippen molar-refractivity contribution in [3.8, 4) is 5.75 Å². The number of ether oxygens (including phenoxy) is 1. The van der Waals surface area contributed by atoms with Crippen molar-refractivity contribution in [1.82, 2.24) is 0 Å². The summed E-state index contributed by atoms with van der Waals surface area (Å²) < 4.78 is 5.31. The standard InChI is InChI=1S/C18H18O2/c1-12-6-9-17(20-2)16(10-12)18(19)15-8-7-13-4-3-5-14(13)11-15/h6-11H,3-5H2,1-2H3. The lowest BCUT2D eigenvalue weighted by Gasteiger charge is -2.10. The van der Waals surface area contributed by atoms with Crippen LogP contribution in [0.5, 0.6) is 5.75 Å². The second kappa shape index (κ2) is 5.12. The average molecular weight is 266 g/mol. The number of fused-ring (bicyclic) bond motifs is 1. The van der Waals surface area contributed by atoms with Crippen molar-refractivity contribution < 1.29 is 9.53 Å². The number of hydrogen-bond donors (Lipinski definition) is 0. The van der Waals surface area contributed by atoms with Gasteiger partial charge < -0.3 is 4.74 Å². The smallest absolute Gasteiger partial charge is 0.196 e. The topological polar surface area (TPSA) is 26.3 Å². The normalized spacial score (nSPS) is 13.1. The molecule has 1 aliphatic carbocycles. The van der Waals surface area contributed by atoms with Crippen LogP contribution in [-0.2, 0) is 12.8 Å². The Bertz CT molecular complexity index is 671. The molecule has 2 aromatic carbocycles. The Kier molecular flexibility index (Phi) is 3.31. The van der Waals surface area contributed by atoms with E-state index in [1.807, 2.05) is 37.3 Å². The van der Waals surface area contributed by atoms with E-state index in [-0.39, 0.29) is 5.78 Å². The molecule has 0 saturated carbocycles. The first-order valence-electron chi connectivity index (χ1n) is 7.00. The molecule has 102 valence electrons. The van der Waals surface area contributed by atoms with Gasteiger partial charge in [0.05, 0.1) is 12.7 Å². The number of rotatable bonds is 3. The van der Waals surface area contributed by atoms with E-state index in [1.165, 1.54) is 17.5 Å². The molecule has 0 radical (unpaired) electrons. The quantitative estimate of drug-likeness (QED) is 0.791. The van der Waals surface area contributed by atoms with Gasteiger partial charge >= 0.3 is 0 Å². The zero-order chi connectivity index (χ0) is 14.1. The van der Waals surface area contributed by atoms with Crippen LogP contribution in [0.2, 0.25) is 0 Å². The van der Waals surface area contributed by atoms with E-state index in [9.17, 15) is 4.79 Å². The molecule has 0 unspecified atom stereocenters.